The maximum atomic E-state index is 5.06. The third kappa shape index (κ3) is 6.25. The number of rotatable bonds is 7. The smallest absolute Gasteiger partial charge is 0.223 e. The minimum absolute atomic E-state index is 0.135. The maximum Gasteiger partial charge on any atom is 0.223 e. The van der Waals surface area contributed by atoms with Crippen LogP contribution >= 0.6 is 0 Å². The summed E-state index contributed by atoms with van der Waals surface area (Å²) in [5.41, 5.74) is 9.41. The predicted molar refractivity (Wildman–Crippen MR) is 168 cm³/mol. The molecule has 0 amide bonds. The van der Waals surface area contributed by atoms with E-state index in [-0.39, 0.29) is 5.41 Å². The zero-order chi connectivity index (χ0) is 28.4. The van der Waals surface area contributed by atoms with E-state index < -0.39 is 0 Å². The van der Waals surface area contributed by atoms with Crippen LogP contribution in [0.4, 0.5) is 11.6 Å². The van der Waals surface area contributed by atoms with Gasteiger partial charge in [-0.15, -0.1) is 0 Å². The summed E-state index contributed by atoms with van der Waals surface area (Å²) < 4.78 is 0. The van der Waals surface area contributed by atoms with Crippen molar-refractivity contribution >= 4 is 22.7 Å². The van der Waals surface area contributed by atoms with Crippen LogP contribution in [0.2, 0.25) is 0 Å². The minimum Gasteiger partial charge on any atom is -0.367 e. The molecule has 2 aromatic heterocycles. The first-order chi connectivity index (χ1) is 19.8. The van der Waals surface area contributed by atoms with E-state index in [4.69, 9.17) is 9.97 Å². The third-order valence-electron chi connectivity index (χ3n) is 7.90. The van der Waals surface area contributed by atoms with Crippen molar-refractivity contribution in [2.75, 3.05) is 36.4 Å². The number of benzene rings is 3. The van der Waals surface area contributed by atoms with Crippen molar-refractivity contribution in [3.05, 3.63) is 101 Å². The molecule has 0 saturated carbocycles. The van der Waals surface area contributed by atoms with Gasteiger partial charge in [0.25, 0.3) is 0 Å². The van der Waals surface area contributed by atoms with Crippen molar-refractivity contribution in [1.82, 2.24) is 24.8 Å². The van der Waals surface area contributed by atoms with Gasteiger partial charge in [0, 0.05) is 51.0 Å². The van der Waals surface area contributed by atoms with Gasteiger partial charge in [0.1, 0.15) is 11.3 Å². The Hall–Kier alpha value is -4.23. The lowest BCUT2D eigenvalue weighted by Gasteiger charge is -2.36. The summed E-state index contributed by atoms with van der Waals surface area (Å²) in [6, 6.07) is 25.8. The molecule has 0 spiro atoms. The molecule has 210 valence electrons. The predicted octanol–water partition coefficient (Wildman–Crippen LogP) is 6.56. The fraction of sp³-hybridized carbons (Fsp3) is 0.324. The van der Waals surface area contributed by atoms with Crippen molar-refractivity contribution in [2.24, 2.45) is 0 Å². The van der Waals surface area contributed by atoms with Gasteiger partial charge >= 0.3 is 0 Å². The van der Waals surface area contributed by atoms with Crippen molar-refractivity contribution < 1.29 is 0 Å². The van der Waals surface area contributed by atoms with Gasteiger partial charge in [-0.2, -0.15) is 0 Å². The van der Waals surface area contributed by atoms with E-state index >= 15 is 0 Å². The highest BCUT2D eigenvalue weighted by Gasteiger charge is 2.21. The van der Waals surface area contributed by atoms with Crippen molar-refractivity contribution in [3.63, 3.8) is 0 Å². The average Bonchev–Trinajstić information content (AvgIpc) is 3.42. The molecule has 1 fully saturated rings. The second kappa shape index (κ2) is 11.3. The van der Waals surface area contributed by atoms with E-state index in [1.807, 2.05) is 12.3 Å². The highest BCUT2D eigenvalue weighted by molar-refractivity contribution is 5.91. The van der Waals surface area contributed by atoms with E-state index in [1.165, 1.54) is 22.4 Å². The van der Waals surface area contributed by atoms with Gasteiger partial charge in [0.05, 0.1) is 16.9 Å². The fourth-order valence-electron chi connectivity index (χ4n) is 5.37. The zero-order valence-corrected chi connectivity index (χ0v) is 24.5. The summed E-state index contributed by atoms with van der Waals surface area (Å²) in [4.78, 5) is 22.7. The summed E-state index contributed by atoms with van der Waals surface area (Å²) in [7, 11) is 0. The second-order valence-electron chi connectivity index (χ2n) is 12.1. The second-order valence-corrected chi connectivity index (χ2v) is 12.1. The lowest BCUT2D eigenvalue weighted by Crippen LogP contribution is -2.46. The Balaban J connectivity index is 1.09. The van der Waals surface area contributed by atoms with Crippen LogP contribution in [-0.4, -0.2) is 51.0 Å². The molecular formula is C34H39N7. The van der Waals surface area contributed by atoms with Crippen LogP contribution in [0.3, 0.4) is 0 Å². The number of piperazine rings is 1. The van der Waals surface area contributed by atoms with Crippen LogP contribution in [0, 0.1) is 6.92 Å². The van der Waals surface area contributed by atoms with Gasteiger partial charge in [0.15, 0.2) is 0 Å². The number of para-hydroxylation sites is 1. The number of anilines is 2. The number of nitrogens with one attached hydrogen (secondary N) is 2. The Morgan fingerprint density at radius 2 is 1.61 bits per heavy atom. The molecule has 7 heteroatoms. The normalized spacial score (nSPS) is 14.5. The Morgan fingerprint density at radius 1 is 0.854 bits per heavy atom. The number of aromatic amines is 1. The number of H-pyrrole nitrogens is 1. The summed E-state index contributed by atoms with van der Waals surface area (Å²) in [6.45, 7) is 14.2. The molecule has 0 atom stereocenters. The molecule has 1 aliphatic rings. The fourth-order valence-corrected chi connectivity index (χ4v) is 5.37. The molecule has 7 nitrogen and oxygen atoms in total. The monoisotopic (exact) mass is 545 g/mol. The van der Waals surface area contributed by atoms with Crippen LogP contribution in [0.1, 0.15) is 43.2 Å². The molecule has 0 radical (unpaired) electrons. The van der Waals surface area contributed by atoms with Crippen LogP contribution < -0.4 is 10.2 Å². The molecule has 3 heterocycles. The maximum absolute atomic E-state index is 5.06. The molecule has 1 saturated heterocycles. The van der Waals surface area contributed by atoms with Gasteiger partial charge in [-0.05, 0) is 41.7 Å². The topological polar surface area (TPSA) is 73.0 Å². The molecule has 0 unspecified atom stereocenters. The first-order valence-electron chi connectivity index (χ1n) is 14.5. The highest BCUT2D eigenvalue weighted by Crippen LogP contribution is 2.30. The number of fused-ring (bicyclic) bond motifs is 1. The van der Waals surface area contributed by atoms with Crippen LogP contribution in [0.25, 0.3) is 22.4 Å². The van der Waals surface area contributed by atoms with E-state index in [0.29, 0.717) is 12.5 Å². The van der Waals surface area contributed by atoms with Gasteiger partial charge in [0.2, 0.25) is 5.95 Å². The van der Waals surface area contributed by atoms with Gasteiger partial charge in [-0.1, -0.05) is 80.9 Å². The van der Waals surface area contributed by atoms with Gasteiger partial charge < -0.3 is 15.2 Å². The molecule has 1 aliphatic heterocycles. The quantitative estimate of drug-likeness (QED) is 0.241. The van der Waals surface area contributed by atoms with E-state index in [0.717, 1.165) is 60.8 Å². The SMILES string of the molecule is Cc1ccc(CNc2nccc(CN3CCN(c4cccc5[nH]c(-c6ccc(C(C)(C)C)cc6)nc45)CC3)n2)cc1. The lowest BCUT2D eigenvalue weighted by molar-refractivity contribution is 0.247. The summed E-state index contributed by atoms with van der Waals surface area (Å²) in [6.07, 6.45) is 1.85. The largest absolute Gasteiger partial charge is 0.367 e. The van der Waals surface area contributed by atoms with Crippen LogP contribution in [-0.2, 0) is 18.5 Å². The van der Waals surface area contributed by atoms with Gasteiger partial charge in [-0.3, -0.25) is 4.90 Å². The third-order valence-corrected chi connectivity index (χ3v) is 7.90. The number of imidazole rings is 1. The zero-order valence-electron chi connectivity index (χ0n) is 24.5. The van der Waals surface area contributed by atoms with Crippen molar-refractivity contribution in [3.8, 4) is 11.4 Å². The molecule has 5 aromatic rings. The minimum atomic E-state index is 0.135. The first-order valence-corrected chi connectivity index (χ1v) is 14.5. The Kier molecular flexibility index (Phi) is 7.45. The van der Waals surface area contributed by atoms with Crippen LogP contribution in [0.5, 0.6) is 0 Å². The number of hydrogen-bond acceptors (Lipinski definition) is 6. The molecule has 0 bridgehead atoms. The van der Waals surface area contributed by atoms with E-state index in [1.54, 1.807) is 0 Å². The number of aromatic nitrogens is 4. The van der Waals surface area contributed by atoms with E-state index in [9.17, 15) is 0 Å². The average molecular weight is 546 g/mol. The summed E-state index contributed by atoms with van der Waals surface area (Å²) in [5.74, 6) is 1.60. The Morgan fingerprint density at radius 3 is 2.34 bits per heavy atom. The highest BCUT2D eigenvalue weighted by atomic mass is 15.3. The molecule has 0 aliphatic carbocycles. The van der Waals surface area contributed by atoms with Crippen LogP contribution in [0.15, 0.2) is 79.0 Å². The first kappa shape index (κ1) is 27.0. The molecule has 6 rings (SSSR count). The summed E-state index contributed by atoms with van der Waals surface area (Å²) in [5, 5.41) is 3.37. The van der Waals surface area contributed by atoms with Gasteiger partial charge in [-0.25, -0.2) is 15.0 Å². The number of aryl methyl sites for hydroxylation is 1. The lowest BCUT2D eigenvalue weighted by atomic mass is 9.87. The molecule has 3 aromatic carbocycles. The standard InChI is InChI=1S/C34H39N7/c1-24-8-10-25(11-9-24)22-36-33-35-17-16-28(37-33)23-40-18-20-41(21-19-40)30-7-5-6-29-31(30)39-32(38-29)26-12-14-27(15-13-26)34(2,3)4/h5-17H,18-23H2,1-4H3,(H,38,39)(H,35,36,37). The Bertz CT molecular complexity index is 1610. The Labute approximate surface area is 242 Å². The number of hydrogen-bond donors (Lipinski definition) is 2. The van der Waals surface area contributed by atoms with E-state index in [2.05, 4.69) is 120 Å². The molecule has 2 N–H and O–H groups in total. The van der Waals surface area contributed by atoms with Crippen molar-refractivity contribution in [1.29, 1.82) is 0 Å². The molecular weight excluding hydrogens is 506 g/mol. The summed E-state index contributed by atoms with van der Waals surface area (Å²) >= 11 is 0. The molecule has 41 heavy (non-hydrogen) atoms. The van der Waals surface area contributed by atoms with Crippen molar-refractivity contribution in [2.45, 2.75) is 46.2 Å². The number of nitrogens with zero attached hydrogens (tertiary/aromatic N) is 5.